The lowest BCUT2D eigenvalue weighted by Crippen LogP contribution is -2.53. The van der Waals surface area contributed by atoms with Crippen molar-refractivity contribution in [3.8, 4) is 0 Å². The van der Waals surface area contributed by atoms with E-state index in [0.717, 1.165) is 0 Å². The highest BCUT2D eigenvalue weighted by Crippen LogP contribution is 2.27. The summed E-state index contributed by atoms with van der Waals surface area (Å²) in [4.78, 5) is 35.9. The van der Waals surface area contributed by atoms with Crippen LogP contribution >= 0.6 is 28.1 Å². The Bertz CT molecular complexity index is 775. The van der Waals surface area contributed by atoms with E-state index in [9.17, 15) is 19.7 Å². The Labute approximate surface area is 144 Å². The van der Waals surface area contributed by atoms with Gasteiger partial charge in [0.05, 0.1) is 9.40 Å². The molecule has 7 nitrogen and oxygen atoms in total. The molecule has 0 aromatic heterocycles. The summed E-state index contributed by atoms with van der Waals surface area (Å²) in [7, 11) is 0. The lowest BCUT2D eigenvalue weighted by molar-refractivity contribution is -0.385. The van der Waals surface area contributed by atoms with Crippen LogP contribution in [0.25, 0.3) is 6.08 Å². The molecule has 1 aromatic carbocycles. The number of hydrogen-bond donors (Lipinski definition) is 1. The molecule has 2 rings (SSSR count). The van der Waals surface area contributed by atoms with Gasteiger partial charge in [0.25, 0.3) is 17.5 Å². The SMILES string of the molecule is C=CCN1C(=O)/C(=C/c2ccc(Br)c([N+](=O)[O-])c2)C(=O)NC1=S. The normalized spacial score (nSPS) is 16.5. The Balaban J connectivity index is 2.44. The standard InChI is InChI=1S/C14H10BrN3O4S/c1-2-5-17-13(20)9(12(19)16-14(17)23)6-8-3-4-10(15)11(7-8)18(21)22/h2-4,6-7H,1,5H2,(H,16,19,23)/b9-6+. The first-order chi connectivity index (χ1) is 10.8. The number of thiocarbonyl (C=S) groups is 1. The summed E-state index contributed by atoms with van der Waals surface area (Å²) in [6, 6.07) is 4.29. The molecule has 1 aliphatic heterocycles. The summed E-state index contributed by atoms with van der Waals surface area (Å²) in [5.41, 5.74) is 0.0309. The van der Waals surface area contributed by atoms with Crippen molar-refractivity contribution in [3.05, 3.63) is 56.6 Å². The van der Waals surface area contributed by atoms with Crippen molar-refractivity contribution in [1.82, 2.24) is 10.2 Å². The molecule has 0 saturated carbocycles. The van der Waals surface area contributed by atoms with E-state index < -0.39 is 16.7 Å². The van der Waals surface area contributed by atoms with Gasteiger partial charge >= 0.3 is 0 Å². The van der Waals surface area contributed by atoms with Gasteiger partial charge in [0.1, 0.15) is 5.57 Å². The zero-order chi connectivity index (χ0) is 17.1. The van der Waals surface area contributed by atoms with Gasteiger partial charge in [-0.15, -0.1) is 6.58 Å². The van der Waals surface area contributed by atoms with Gasteiger partial charge in [0, 0.05) is 12.6 Å². The fourth-order valence-electron chi connectivity index (χ4n) is 1.91. The Morgan fingerprint density at radius 3 is 2.74 bits per heavy atom. The second-order valence-electron chi connectivity index (χ2n) is 4.49. The van der Waals surface area contributed by atoms with Crippen LogP contribution in [0.4, 0.5) is 5.69 Å². The molecule has 0 bridgehead atoms. The average molecular weight is 396 g/mol. The molecule has 0 atom stereocenters. The highest BCUT2D eigenvalue weighted by Gasteiger charge is 2.32. The fraction of sp³-hybridized carbons (Fsp3) is 0.0714. The van der Waals surface area contributed by atoms with Crippen molar-refractivity contribution in [3.63, 3.8) is 0 Å². The highest BCUT2D eigenvalue weighted by molar-refractivity contribution is 9.10. The van der Waals surface area contributed by atoms with Gasteiger partial charge < -0.3 is 0 Å². The zero-order valence-electron chi connectivity index (χ0n) is 11.6. The number of nitro groups is 1. The summed E-state index contributed by atoms with van der Waals surface area (Å²) in [6.45, 7) is 3.68. The van der Waals surface area contributed by atoms with Crippen LogP contribution < -0.4 is 5.32 Å². The maximum atomic E-state index is 12.3. The first-order valence-corrected chi connectivity index (χ1v) is 7.49. The van der Waals surface area contributed by atoms with Crippen molar-refractivity contribution < 1.29 is 14.5 Å². The van der Waals surface area contributed by atoms with E-state index in [1.807, 2.05) is 0 Å². The van der Waals surface area contributed by atoms with E-state index in [1.165, 1.54) is 29.2 Å². The summed E-state index contributed by atoms with van der Waals surface area (Å²) < 4.78 is 0.304. The van der Waals surface area contributed by atoms with E-state index in [1.54, 1.807) is 6.07 Å². The van der Waals surface area contributed by atoms with Gasteiger partial charge in [-0.3, -0.25) is 29.9 Å². The third-order valence-corrected chi connectivity index (χ3v) is 3.97. The van der Waals surface area contributed by atoms with Crippen LogP contribution in [0.2, 0.25) is 0 Å². The predicted molar refractivity (Wildman–Crippen MR) is 91.4 cm³/mol. The van der Waals surface area contributed by atoms with E-state index in [2.05, 4.69) is 27.8 Å². The largest absolute Gasteiger partial charge is 0.298 e. The van der Waals surface area contributed by atoms with Crippen molar-refractivity contribution in [2.75, 3.05) is 6.54 Å². The number of amides is 2. The number of nitro benzene ring substituents is 1. The van der Waals surface area contributed by atoms with Gasteiger partial charge in [0.2, 0.25) is 0 Å². The van der Waals surface area contributed by atoms with Crippen LogP contribution in [0.5, 0.6) is 0 Å². The Kier molecular flexibility index (Phi) is 5.02. The second-order valence-corrected chi connectivity index (χ2v) is 5.73. The molecular formula is C14H10BrN3O4S. The third-order valence-electron chi connectivity index (χ3n) is 2.98. The molecule has 9 heteroatoms. The first-order valence-electron chi connectivity index (χ1n) is 6.29. The lowest BCUT2D eigenvalue weighted by Gasteiger charge is -2.27. The molecule has 1 heterocycles. The summed E-state index contributed by atoms with van der Waals surface area (Å²) in [6.07, 6.45) is 2.76. The van der Waals surface area contributed by atoms with Crippen molar-refractivity contribution in [2.24, 2.45) is 0 Å². The van der Waals surface area contributed by atoms with E-state index in [0.29, 0.717) is 10.0 Å². The number of rotatable bonds is 4. The molecule has 0 unspecified atom stereocenters. The van der Waals surface area contributed by atoms with Gasteiger partial charge in [-0.2, -0.15) is 0 Å². The molecule has 1 aliphatic rings. The van der Waals surface area contributed by atoms with Crippen LogP contribution in [0.1, 0.15) is 5.56 Å². The van der Waals surface area contributed by atoms with Gasteiger partial charge in [0.15, 0.2) is 5.11 Å². The number of nitrogens with zero attached hydrogens (tertiary/aromatic N) is 2. The third kappa shape index (κ3) is 3.51. The number of carbonyl (C=O) groups excluding carboxylic acids is 2. The van der Waals surface area contributed by atoms with E-state index in [4.69, 9.17) is 12.2 Å². The number of hydrogen-bond acceptors (Lipinski definition) is 5. The van der Waals surface area contributed by atoms with Gasteiger partial charge in [-0.05, 0) is 45.9 Å². The number of carbonyl (C=O) groups is 2. The van der Waals surface area contributed by atoms with Crippen molar-refractivity contribution in [1.29, 1.82) is 0 Å². The monoisotopic (exact) mass is 395 g/mol. The molecule has 0 radical (unpaired) electrons. The van der Waals surface area contributed by atoms with Crippen LogP contribution in [-0.2, 0) is 9.59 Å². The first kappa shape index (κ1) is 17.0. The highest BCUT2D eigenvalue weighted by atomic mass is 79.9. The lowest BCUT2D eigenvalue weighted by atomic mass is 10.1. The average Bonchev–Trinajstić information content (AvgIpc) is 2.49. The number of benzene rings is 1. The van der Waals surface area contributed by atoms with Crippen LogP contribution in [0, 0.1) is 10.1 Å². The molecule has 2 amide bonds. The minimum atomic E-state index is -0.647. The molecule has 1 fully saturated rings. The predicted octanol–water partition coefficient (Wildman–Crippen LogP) is 2.17. The zero-order valence-corrected chi connectivity index (χ0v) is 14.0. The Morgan fingerprint density at radius 2 is 2.13 bits per heavy atom. The quantitative estimate of drug-likeness (QED) is 0.210. The smallest absolute Gasteiger partial charge is 0.284 e. The Hall–Kier alpha value is -2.39. The molecule has 118 valence electrons. The topological polar surface area (TPSA) is 92.6 Å². The summed E-state index contributed by atoms with van der Waals surface area (Å²) in [5.74, 6) is -1.23. The maximum Gasteiger partial charge on any atom is 0.284 e. The Morgan fingerprint density at radius 1 is 1.43 bits per heavy atom. The van der Waals surface area contributed by atoms with Crippen LogP contribution in [0.15, 0.2) is 40.9 Å². The van der Waals surface area contributed by atoms with Crippen LogP contribution in [0.3, 0.4) is 0 Å². The fourth-order valence-corrected chi connectivity index (χ4v) is 2.56. The molecule has 1 N–H and O–H groups in total. The van der Waals surface area contributed by atoms with Crippen LogP contribution in [-0.4, -0.2) is 33.3 Å². The molecule has 0 aliphatic carbocycles. The summed E-state index contributed by atoms with van der Waals surface area (Å²) in [5, 5.41) is 13.3. The maximum absolute atomic E-state index is 12.3. The number of nitrogens with one attached hydrogen (secondary N) is 1. The molecule has 1 saturated heterocycles. The minimum absolute atomic E-state index is 0.00108. The van der Waals surface area contributed by atoms with Crippen molar-refractivity contribution >= 4 is 56.8 Å². The van der Waals surface area contributed by atoms with Crippen molar-refractivity contribution in [2.45, 2.75) is 0 Å². The summed E-state index contributed by atoms with van der Waals surface area (Å²) >= 11 is 8.01. The molecule has 0 spiro atoms. The molecule has 1 aromatic rings. The van der Waals surface area contributed by atoms with Gasteiger partial charge in [-0.1, -0.05) is 12.1 Å². The number of halogens is 1. The van der Waals surface area contributed by atoms with E-state index in [-0.39, 0.29) is 22.9 Å². The molecule has 23 heavy (non-hydrogen) atoms. The van der Waals surface area contributed by atoms with Gasteiger partial charge in [-0.25, -0.2) is 0 Å². The van der Waals surface area contributed by atoms with E-state index >= 15 is 0 Å². The second kappa shape index (κ2) is 6.80. The molecular weight excluding hydrogens is 386 g/mol. The minimum Gasteiger partial charge on any atom is -0.298 e.